The molecular weight excluding hydrogens is 311 g/mol. The second kappa shape index (κ2) is 5.76. The van der Waals surface area contributed by atoms with E-state index in [0.717, 1.165) is 5.56 Å². The lowest BCUT2D eigenvalue weighted by atomic mass is 9.85. The van der Waals surface area contributed by atoms with E-state index in [1.165, 1.54) is 6.07 Å². The van der Waals surface area contributed by atoms with Gasteiger partial charge in [-0.2, -0.15) is 0 Å². The molecule has 2 atom stereocenters. The summed E-state index contributed by atoms with van der Waals surface area (Å²) >= 11 is 0. The van der Waals surface area contributed by atoms with Gasteiger partial charge in [0.15, 0.2) is 0 Å². The third kappa shape index (κ3) is 2.97. The normalized spacial score (nSPS) is 22.7. The van der Waals surface area contributed by atoms with E-state index in [1.54, 1.807) is 4.90 Å². The van der Waals surface area contributed by atoms with Crippen LogP contribution in [0.2, 0.25) is 0 Å². The number of halogens is 1. The summed E-state index contributed by atoms with van der Waals surface area (Å²) in [6.45, 7) is 8.18. The number of likely N-dealkylation sites (tertiary alicyclic amines) is 1. The number of hydrogen-bond acceptors (Lipinski definition) is 3. The Hall–Kier alpha value is -2.11. The molecule has 6 heteroatoms. The highest BCUT2D eigenvalue weighted by Crippen LogP contribution is 2.36. The molecule has 2 unspecified atom stereocenters. The minimum Gasteiger partial charge on any atom is -0.444 e. The molecule has 1 fully saturated rings. The monoisotopic (exact) mass is 334 g/mol. The van der Waals surface area contributed by atoms with Crippen LogP contribution in [-0.4, -0.2) is 41.6 Å². The molecule has 2 aliphatic heterocycles. The molecule has 24 heavy (non-hydrogen) atoms. The maximum Gasteiger partial charge on any atom is 0.410 e. The zero-order valence-electron chi connectivity index (χ0n) is 14.5. The van der Waals surface area contributed by atoms with Gasteiger partial charge in [-0.05, 0) is 44.4 Å². The SMILES string of the molecule is CCc1cc(F)c2c(c1)C1CN(C(=O)OC(C)(C)C)CC1NC2=O. The molecule has 1 aromatic rings. The molecule has 1 saturated heterocycles. The fourth-order valence-corrected chi connectivity index (χ4v) is 3.40. The Morgan fingerprint density at radius 1 is 1.38 bits per heavy atom. The molecule has 1 N–H and O–H groups in total. The Labute approximate surface area is 141 Å². The van der Waals surface area contributed by atoms with E-state index in [1.807, 2.05) is 33.8 Å². The van der Waals surface area contributed by atoms with Gasteiger partial charge in [0.2, 0.25) is 0 Å². The second-order valence-corrected chi connectivity index (χ2v) is 7.47. The Morgan fingerprint density at radius 3 is 2.71 bits per heavy atom. The van der Waals surface area contributed by atoms with Crippen LogP contribution in [0.1, 0.15) is 55.1 Å². The van der Waals surface area contributed by atoms with E-state index in [4.69, 9.17) is 4.74 Å². The van der Waals surface area contributed by atoms with Crippen LogP contribution in [0.4, 0.5) is 9.18 Å². The molecule has 1 aromatic carbocycles. The fourth-order valence-electron chi connectivity index (χ4n) is 3.40. The lowest BCUT2D eigenvalue weighted by Gasteiger charge is -2.28. The molecule has 0 aromatic heterocycles. The van der Waals surface area contributed by atoms with Gasteiger partial charge < -0.3 is 15.0 Å². The molecule has 0 spiro atoms. The van der Waals surface area contributed by atoms with Gasteiger partial charge in [-0.25, -0.2) is 9.18 Å². The van der Waals surface area contributed by atoms with Gasteiger partial charge in [0.1, 0.15) is 11.4 Å². The number of hydrogen-bond donors (Lipinski definition) is 1. The van der Waals surface area contributed by atoms with Gasteiger partial charge >= 0.3 is 6.09 Å². The van der Waals surface area contributed by atoms with Crippen molar-refractivity contribution in [3.63, 3.8) is 0 Å². The van der Waals surface area contributed by atoms with E-state index < -0.39 is 23.4 Å². The zero-order valence-corrected chi connectivity index (χ0v) is 14.5. The Balaban J connectivity index is 1.90. The molecule has 2 heterocycles. The zero-order chi connectivity index (χ0) is 17.6. The van der Waals surface area contributed by atoms with Crippen LogP contribution in [0.15, 0.2) is 12.1 Å². The molecule has 5 nitrogen and oxygen atoms in total. The summed E-state index contributed by atoms with van der Waals surface area (Å²) in [6, 6.07) is 3.11. The number of amides is 2. The third-order valence-electron chi connectivity index (χ3n) is 4.50. The first kappa shape index (κ1) is 16.7. The van der Waals surface area contributed by atoms with E-state index in [0.29, 0.717) is 25.1 Å². The number of fused-ring (bicyclic) bond motifs is 3. The molecule has 0 bridgehead atoms. The van der Waals surface area contributed by atoms with Crippen LogP contribution in [0.5, 0.6) is 0 Å². The summed E-state index contributed by atoms with van der Waals surface area (Å²) in [6.07, 6.45) is 0.290. The molecule has 0 radical (unpaired) electrons. The van der Waals surface area contributed by atoms with Crippen LogP contribution < -0.4 is 5.32 Å². The third-order valence-corrected chi connectivity index (χ3v) is 4.50. The molecule has 130 valence electrons. The van der Waals surface area contributed by atoms with Crippen molar-refractivity contribution in [2.24, 2.45) is 0 Å². The average Bonchev–Trinajstić information content (AvgIpc) is 2.89. The van der Waals surface area contributed by atoms with Gasteiger partial charge in [-0.3, -0.25) is 4.79 Å². The van der Waals surface area contributed by atoms with Gasteiger partial charge in [-0.15, -0.1) is 0 Å². The fraction of sp³-hybridized carbons (Fsp3) is 0.556. The van der Waals surface area contributed by atoms with E-state index in [9.17, 15) is 14.0 Å². The Morgan fingerprint density at radius 2 is 2.08 bits per heavy atom. The van der Waals surface area contributed by atoms with Crippen molar-refractivity contribution in [3.8, 4) is 0 Å². The highest BCUT2D eigenvalue weighted by Gasteiger charge is 2.44. The molecule has 2 aliphatic rings. The standard InChI is InChI=1S/C18H23FN2O3/c1-5-10-6-11-12-8-21(17(23)24-18(2,3)4)9-14(12)20-16(22)15(11)13(19)7-10/h6-7,12,14H,5,8-9H2,1-4H3,(H,20,22). The maximum absolute atomic E-state index is 14.3. The highest BCUT2D eigenvalue weighted by molar-refractivity contribution is 5.98. The predicted octanol–water partition coefficient (Wildman–Crippen LogP) is 2.83. The minimum absolute atomic E-state index is 0.105. The largest absolute Gasteiger partial charge is 0.444 e. The highest BCUT2D eigenvalue weighted by atomic mass is 19.1. The number of nitrogens with zero attached hydrogens (tertiary/aromatic N) is 1. The van der Waals surface area contributed by atoms with Crippen LogP contribution in [0.25, 0.3) is 0 Å². The summed E-state index contributed by atoms with van der Waals surface area (Å²) < 4.78 is 19.7. The Bertz CT molecular complexity index is 696. The first-order valence-corrected chi connectivity index (χ1v) is 8.30. The maximum atomic E-state index is 14.3. The van der Waals surface area contributed by atoms with Crippen molar-refractivity contribution in [3.05, 3.63) is 34.6 Å². The van der Waals surface area contributed by atoms with Crippen molar-refractivity contribution in [1.29, 1.82) is 0 Å². The summed E-state index contributed by atoms with van der Waals surface area (Å²) in [7, 11) is 0. The van der Waals surface area contributed by atoms with Crippen molar-refractivity contribution < 1.29 is 18.7 Å². The lowest BCUT2D eigenvalue weighted by molar-refractivity contribution is 0.0288. The number of nitrogens with one attached hydrogen (secondary N) is 1. The number of carbonyl (C=O) groups is 2. The quantitative estimate of drug-likeness (QED) is 0.859. The second-order valence-electron chi connectivity index (χ2n) is 7.47. The molecular formula is C18H23FN2O3. The van der Waals surface area contributed by atoms with Crippen LogP contribution in [0.3, 0.4) is 0 Å². The van der Waals surface area contributed by atoms with Gasteiger partial charge in [0.25, 0.3) is 5.91 Å². The first-order chi connectivity index (χ1) is 11.2. The van der Waals surface area contributed by atoms with Crippen molar-refractivity contribution in [2.75, 3.05) is 13.1 Å². The van der Waals surface area contributed by atoms with Gasteiger partial charge in [0.05, 0.1) is 11.6 Å². The number of rotatable bonds is 1. The predicted molar refractivity (Wildman–Crippen MR) is 87.6 cm³/mol. The first-order valence-electron chi connectivity index (χ1n) is 8.30. The lowest BCUT2D eigenvalue weighted by Crippen LogP contribution is -2.45. The summed E-state index contributed by atoms with van der Waals surface area (Å²) in [5.41, 5.74) is 1.09. The van der Waals surface area contributed by atoms with Crippen LogP contribution >= 0.6 is 0 Å². The smallest absolute Gasteiger partial charge is 0.410 e. The summed E-state index contributed by atoms with van der Waals surface area (Å²) in [5, 5.41) is 2.83. The Kier molecular flexibility index (Phi) is 4.01. The number of ether oxygens (including phenoxy) is 1. The number of carbonyl (C=O) groups excluding carboxylic acids is 2. The van der Waals surface area contributed by atoms with E-state index >= 15 is 0 Å². The van der Waals surface area contributed by atoms with Crippen LogP contribution in [0, 0.1) is 5.82 Å². The summed E-state index contributed by atoms with van der Waals surface area (Å²) in [5.74, 6) is -1.00. The van der Waals surface area contributed by atoms with Gasteiger partial charge in [-0.1, -0.05) is 13.0 Å². The minimum atomic E-state index is -0.576. The van der Waals surface area contributed by atoms with E-state index in [-0.39, 0.29) is 17.5 Å². The molecule has 0 saturated carbocycles. The number of benzene rings is 1. The summed E-state index contributed by atoms with van der Waals surface area (Å²) in [4.78, 5) is 26.2. The molecule has 2 amide bonds. The van der Waals surface area contributed by atoms with Crippen molar-refractivity contribution >= 4 is 12.0 Å². The van der Waals surface area contributed by atoms with Crippen LogP contribution in [-0.2, 0) is 11.2 Å². The van der Waals surface area contributed by atoms with Gasteiger partial charge in [0, 0.05) is 19.0 Å². The van der Waals surface area contributed by atoms with Crippen molar-refractivity contribution in [2.45, 2.75) is 51.7 Å². The van der Waals surface area contributed by atoms with Crippen molar-refractivity contribution in [1.82, 2.24) is 10.2 Å². The van der Waals surface area contributed by atoms with E-state index in [2.05, 4.69) is 5.32 Å². The average molecular weight is 334 g/mol. The number of aryl methyl sites for hydroxylation is 1. The topological polar surface area (TPSA) is 58.6 Å². The molecule has 3 rings (SSSR count). The molecule has 0 aliphatic carbocycles.